The molecule has 0 unspecified atom stereocenters. The molecule has 2 N–H and O–H groups in total. The highest BCUT2D eigenvalue weighted by Gasteiger charge is 2.31. The zero-order valence-electron chi connectivity index (χ0n) is 26.5. The summed E-state index contributed by atoms with van der Waals surface area (Å²) in [7, 11) is 1.74. The Morgan fingerprint density at radius 3 is 2.51 bits per heavy atom. The second-order valence-corrected chi connectivity index (χ2v) is 11.8. The van der Waals surface area contributed by atoms with Gasteiger partial charge in [0.15, 0.2) is 0 Å². The van der Waals surface area contributed by atoms with Gasteiger partial charge in [-0.3, -0.25) is 19.4 Å². The van der Waals surface area contributed by atoms with Crippen molar-refractivity contribution in [1.29, 1.82) is 0 Å². The van der Waals surface area contributed by atoms with Crippen LogP contribution >= 0.6 is 0 Å². The van der Waals surface area contributed by atoms with Crippen molar-refractivity contribution in [3.05, 3.63) is 89.7 Å². The molecule has 45 heavy (non-hydrogen) atoms. The Kier molecular flexibility index (Phi) is 12.1. The van der Waals surface area contributed by atoms with Gasteiger partial charge in [0.25, 0.3) is 17.7 Å². The summed E-state index contributed by atoms with van der Waals surface area (Å²) in [5, 5.41) is 13.1. The molecule has 2 aromatic carbocycles. The van der Waals surface area contributed by atoms with E-state index < -0.39 is 6.04 Å². The van der Waals surface area contributed by atoms with Gasteiger partial charge in [-0.15, -0.1) is 0 Å². The number of carbonyl (C=O) groups excluding carboxylic acids is 3. The fraction of sp³-hybridized carbons (Fsp3) is 0.429. The third-order valence-corrected chi connectivity index (χ3v) is 8.07. The average molecular weight is 617 g/mol. The lowest BCUT2D eigenvalue weighted by molar-refractivity contribution is -0.0149. The van der Waals surface area contributed by atoms with E-state index in [0.717, 1.165) is 19.3 Å². The minimum absolute atomic E-state index is 0.144. The Morgan fingerprint density at radius 2 is 1.80 bits per heavy atom. The molecule has 0 aliphatic carbocycles. The van der Waals surface area contributed by atoms with Crippen molar-refractivity contribution < 1.29 is 29.0 Å². The molecule has 2 heterocycles. The molecule has 10 nitrogen and oxygen atoms in total. The molecule has 1 aromatic heterocycles. The number of hydrogen-bond acceptors (Lipinski definition) is 7. The molecule has 10 heteroatoms. The normalized spacial score (nSPS) is 20.2. The highest BCUT2D eigenvalue weighted by molar-refractivity contribution is 6.05. The monoisotopic (exact) mass is 616 g/mol. The molecule has 0 fully saturated rings. The smallest absolute Gasteiger partial charge is 0.258 e. The Labute approximate surface area is 265 Å². The number of benzene rings is 2. The van der Waals surface area contributed by atoms with Gasteiger partial charge in [0.2, 0.25) is 0 Å². The van der Waals surface area contributed by atoms with Crippen LogP contribution in [0.2, 0.25) is 0 Å². The number of nitrogens with zero attached hydrogens (tertiary/aromatic N) is 3. The van der Waals surface area contributed by atoms with E-state index in [2.05, 4.69) is 10.3 Å². The number of carbonyl (C=O) groups is 3. The van der Waals surface area contributed by atoms with Gasteiger partial charge < -0.3 is 29.7 Å². The molecule has 4 atom stereocenters. The van der Waals surface area contributed by atoms with Gasteiger partial charge in [0, 0.05) is 61.9 Å². The van der Waals surface area contributed by atoms with E-state index in [1.807, 2.05) is 19.9 Å². The predicted octanol–water partition coefficient (Wildman–Crippen LogP) is 4.90. The van der Waals surface area contributed by atoms with Crippen molar-refractivity contribution in [2.75, 3.05) is 38.7 Å². The second kappa shape index (κ2) is 16.2. The summed E-state index contributed by atoms with van der Waals surface area (Å²) in [4.78, 5) is 47.6. The molecular formula is C35H44N4O6. The minimum Gasteiger partial charge on any atom is -0.490 e. The van der Waals surface area contributed by atoms with Crippen LogP contribution in [0.4, 0.5) is 5.69 Å². The van der Waals surface area contributed by atoms with E-state index in [1.54, 1.807) is 90.8 Å². The highest BCUT2D eigenvalue weighted by Crippen LogP contribution is 2.29. The quantitative estimate of drug-likeness (QED) is 0.387. The van der Waals surface area contributed by atoms with Crippen molar-refractivity contribution in [3.8, 4) is 5.75 Å². The van der Waals surface area contributed by atoms with Crippen molar-refractivity contribution in [2.24, 2.45) is 5.92 Å². The van der Waals surface area contributed by atoms with Gasteiger partial charge in [-0.2, -0.15) is 0 Å². The SMILES string of the molecule is C[C@H]1CCCCO[C@H](CN(C)C(=O)c2ccncc2)[C@@H](C)CN([C@@H](C)CO)C(=O)c2cc(NC(=O)c3ccccc3)ccc2O1. The van der Waals surface area contributed by atoms with Gasteiger partial charge in [-0.1, -0.05) is 25.1 Å². The molecule has 0 spiro atoms. The van der Waals surface area contributed by atoms with Gasteiger partial charge in [-0.25, -0.2) is 0 Å². The van der Waals surface area contributed by atoms with E-state index >= 15 is 0 Å². The first-order valence-corrected chi connectivity index (χ1v) is 15.5. The molecule has 0 saturated heterocycles. The van der Waals surface area contributed by atoms with E-state index in [1.165, 1.54) is 0 Å². The van der Waals surface area contributed by atoms with E-state index in [4.69, 9.17) is 9.47 Å². The van der Waals surface area contributed by atoms with Crippen LogP contribution < -0.4 is 10.1 Å². The zero-order valence-corrected chi connectivity index (χ0v) is 26.5. The lowest BCUT2D eigenvalue weighted by atomic mass is 10.0. The summed E-state index contributed by atoms with van der Waals surface area (Å²) in [5.74, 6) is -0.547. The van der Waals surface area contributed by atoms with Gasteiger partial charge in [-0.05, 0) is 75.6 Å². The van der Waals surface area contributed by atoms with Crippen molar-refractivity contribution in [2.45, 2.75) is 58.3 Å². The van der Waals surface area contributed by atoms with E-state index in [9.17, 15) is 19.5 Å². The average Bonchev–Trinajstić information content (AvgIpc) is 3.06. The molecule has 0 bridgehead atoms. The fourth-order valence-electron chi connectivity index (χ4n) is 5.32. The molecule has 3 aromatic rings. The third-order valence-electron chi connectivity index (χ3n) is 8.07. The largest absolute Gasteiger partial charge is 0.490 e. The number of rotatable bonds is 7. The summed E-state index contributed by atoms with van der Waals surface area (Å²) in [6.45, 7) is 6.58. The Bertz CT molecular complexity index is 1420. The van der Waals surface area contributed by atoms with Gasteiger partial charge >= 0.3 is 0 Å². The molecule has 3 amide bonds. The Balaban J connectivity index is 1.63. The van der Waals surface area contributed by atoms with Crippen LogP contribution in [0.1, 0.15) is 71.1 Å². The number of likely N-dealkylation sites (N-methyl/N-ethyl adjacent to an activating group) is 1. The molecule has 1 aliphatic rings. The first-order chi connectivity index (χ1) is 21.7. The lowest BCUT2D eigenvalue weighted by Gasteiger charge is -2.36. The van der Waals surface area contributed by atoms with Crippen LogP contribution in [0.3, 0.4) is 0 Å². The van der Waals surface area contributed by atoms with E-state index in [-0.39, 0.29) is 49.0 Å². The van der Waals surface area contributed by atoms with Crippen molar-refractivity contribution in [1.82, 2.24) is 14.8 Å². The maximum absolute atomic E-state index is 14.3. The first-order valence-electron chi connectivity index (χ1n) is 15.5. The number of fused-ring (bicyclic) bond motifs is 1. The lowest BCUT2D eigenvalue weighted by Crippen LogP contribution is -2.48. The van der Waals surface area contributed by atoms with Crippen LogP contribution in [-0.2, 0) is 4.74 Å². The molecule has 0 radical (unpaired) electrons. The van der Waals surface area contributed by atoms with Crippen LogP contribution in [0.15, 0.2) is 73.1 Å². The van der Waals surface area contributed by atoms with Crippen LogP contribution in [-0.4, -0.2) is 89.2 Å². The number of hydrogen-bond donors (Lipinski definition) is 2. The first kappa shape index (κ1) is 33.6. The standard InChI is InChI=1S/C35H44N4O6/c1-24-21-39(25(2)23-40)35(43)30-20-29(37-33(41)27-11-6-5-7-12-27)13-14-31(30)45-26(3)10-8-9-19-44-32(24)22-38(4)34(42)28-15-17-36-18-16-28/h5-7,11-18,20,24-26,32,40H,8-10,19,21-23H2,1-4H3,(H,37,41)/t24-,25-,26-,32+/m0/s1. The maximum atomic E-state index is 14.3. The van der Waals surface area contributed by atoms with Crippen LogP contribution in [0.25, 0.3) is 0 Å². The zero-order chi connectivity index (χ0) is 32.3. The van der Waals surface area contributed by atoms with Gasteiger partial charge in [0.1, 0.15) is 5.75 Å². The predicted molar refractivity (Wildman–Crippen MR) is 172 cm³/mol. The number of aliphatic hydroxyl groups is 1. The van der Waals surface area contributed by atoms with Crippen molar-refractivity contribution in [3.63, 3.8) is 0 Å². The Morgan fingerprint density at radius 1 is 1.07 bits per heavy atom. The molecule has 240 valence electrons. The number of aliphatic hydroxyl groups excluding tert-OH is 1. The number of amides is 3. The molecule has 0 saturated carbocycles. The summed E-state index contributed by atoms with van der Waals surface area (Å²) in [5.41, 5.74) is 1.78. The Hall–Kier alpha value is -4.28. The summed E-state index contributed by atoms with van der Waals surface area (Å²) in [6.07, 6.45) is 5.05. The summed E-state index contributed by atoms with van der Waals surface area (Å²) < 4.78 is 12.6. The number of ether oxygens (including phenoxy) is 2. The summed E-state index contributed by atoms with van der Waals surface area (Å²) in [6, 6.07) is 16.8. The third kappa shape index (κ3) is 9.12. The fourth-order valence-corrected chi connectivity index (χ4v) is 5.32. The summed E-state index contributed by atoms with van der Waals surface area (Å²) >= 11 is 0. The van der Waals surface area contributed by atoms with Crippen LogP contribution in [0.5, 0.6) is 5.75 Å². The number of aromatic nitrogens is 1. The topological polar surface area (TPSA) is 121 Å². The van der Waals surface area contributed by atoms with Crippen LogP contribution in [0, 0.1) is 5.92 Å². The number of anilines is 1. The maximum Gasteiger partial charge on any atom is 0.258 e. The molecule has 1 aliphatic heterocycles. The molecule has 4 rings (SSSR count). The second-order valence-electron chi connectivity index (χ2n) is 11.8. The van der Waals surface area contributed by atoms with Gasteiger partial charge in [0.05, 0.1) is 30.4 Å². The number of pyridine rings is 1. The number of nitrogens with one attached hydrogen (secondary N) is 1. The highest BCUT2D eigenvalue weighted by atomic mass is 16.5. The van der Waals surface area contributed by atoms with E-state index in [0.29, 0.717) is 41.3 Å². The van der Waals surface area contributed by atoms with Crippen molar-refractivity contribution >= 4 is 23.4 Å². The molecular weight excluding hydrogens is 572 g/mol. The minimum atomic E-state index is -0.516.